The lowest BCUT2D eigenvalue weighted by molar-refractivity contribution is -0.129. The predicted molar refractivity (Wildman–Crippen MR) is 77.2 cm³/mol. The minimum Gasteiger partial charge on any atom is -0.762 e. The standard InChI is InChI=1S/C15H27N2O3/c1-11-7-8-16(12(2)9-11)10-15(18)13-3-5-14(6-4-13)17(19)20/h11-14,19H,3-10H2,1-2H3/q-1. The van der Waals surface area contributed by atoms with Crippen LogP contribution in [0.4, 0.5) is 0 Å². The van der Waals surface area contributed by atoms with Crippen LogP contribution in [0, 0.1) is 17.0 Å². The zero-order valence-electron chi connectivity index (χ0n) is 12.6. The van der Waals surface area contributed by atoms with Gasteiger partial charge in [-0.15, -0.1) is 0 Å². The first kappa shape index (κ1) is 15.9. The topological polar surface area (TPSA) is 66.8 Å². The number of carbonyl (C=O) groups excluding carboxylic acids is 1. The highest BCUT2D eigenvalue weighted by Crippen LogP contribution is 2.28. The van der Waals surface area contributed by atoms with Crippen LogP contribution in [0.15, 0.2) is 0 Å². The molecular weight excluding hydrogens is 256 g/mol. The van der Waals surface area contributed by atoms with Crippen molar-refractivity contribution in [3.8, 4) is 0 Å². The largest absolute Gasteiger partial charge is 0.762 e. The Hall–Kier alpha value is -0.490. The van der Waals surface area contributed by atoms with Crippen molar-refractivity contribution >= 4 is 5.78 Å². The van der Waals surface area contributed by atoms with Crippen molar-refractivity contribution < 1.29 is 10.0 Å². The van der Waals surface area contributed by atoms with E-state index in [4.69, 9.17) is 5.21 Å². The molecule has 5 heteroatoms. The van der Waals surface area contributed by atoms with Gasteiger partial charge in [-0.1, -0.05) is 6.92 Å². The first-order valence-corrected chi connectivity index (χ1v) is 7.89. The quantitative estimate of drug-likeness (QED) is 0.803. The van der Waals surface area contributed by atoms with Gasteiger partial charge in [0.05, 0.1) is 6.54 Å². The number of hydroxylamine groups is 2. The van der Waals surface area contributed by atoms with E-state index in [-0.39, 0.29) is 17.2 Å². The molecule has 0 amide bonds. The summed E-state index contributed by atoms with van der Waals surface area (Å²) < 4.78 is 0. The number of ketones is 1. The van der Waals surface area contributed by atoms with E-state index in [0.717, 1.165) is 25.3 Å². The zero-order chi connectivity index (χ0) is 14.7. The van der Waals surface area contributed by atoms with E-state index < -0.39 is 0 Å². The van der Waals surface area contributed by atoms with Crippen LogP contribution in [0.1, 0.15) is 52.4 Å². The summed E-state index contributed by atoms with van der Waals surface area (Å²) in [5.41, 5.74) is 0. The smallest absolute Gasteiger partial charge is 0.149 e. The maximum absolute atomic E-state index is 12.4. The van der Waals surface area contributed by atoms with Crippen LogP contribution in [0.2, 0.25) is 0 Å². The normalized spacial score (nSPS) is 36.2. The van der Waals surface area contributed by atoms with Gasteiger partial charge >= 0.3 is 0 Å². The van der Waals surface area contributed by atoms with E-state index in [0.29, 0.717) is 31.2 Å². The Kier molecular flexibility index (Phi) is 5.55. The molecule has 0 aromatic rings. The zero-order valence-corrected chi connectivity index (χ0v) is 12.6. The van der Waals surface area contributed by atoms with Crippen molar-refractivity contribution in [2.75, 3.05) is 13.1 Å². The minimum absolute atomic E-state index is 0.0643. The number of Topliss-reactive ketones (excluding diaryl/α,β-unsaturated/α-hetero) is 1. The Bertz CT molecular complexity index is 327. The van der Waals surface area contributed by atoms with Crippen LogP contribution in [0.3, 0.4) is 0 Å². The second-order valence-electron chi connectivity index (χ2n) is 6.72. The number of carbonyl (C=O) groups is 1. The molecule has 116 valence electrons. The van der Waals surface area contributed by atoms with E-state index in [2.05, 4.69) is 18.7 Å². The number of piperidine rings is 1. The summed E-state index contributed by atoms with van der Waals surface area (Å²) in [6.45, 7) is 6.07. The van der Waals surface area contributed by atoms with Crippen LogP contribution in [0.5, 0.6) is 0 Å². The Morgan fingerprint density at radius 3 is 2.45 bits per heavy atom. The summed E-state index contributed by atoms with van der Waals surface area (Å²) in [4.78, 5) is 14.7. The van der Waals surface area contributed by atoms with Gasteiger partial charge in [-0.3, -0.25) is 14.9 Å². The maximum atomic E-state index is 12.4. The first-order chi connectivity index (χ1) is 9.47. The van der Waals surface area contributed by atoms with Crippen molar-refractivity contribution in [2.45, 2.75) is 64.5 Å². The summed E-state index contributed by atoms with van der Waals surface area (Å²) in [7, 11) is 0. The van der Waals surface area contributed by atoms with Gasteiger partial charge in [0.25, 0.3) is 0 Å². The van der Waals surface area contributed by atoms with E-state index in [1.54, 1.807) is 0 Å². The van der Waals surface area contributed by atoms with E-state index >= 15 is 0 Å². The van der Waals surface area contributed by atoms with Gasteiger partial charge in [0.1, 0.15) is 5.78 Å². The number of hydrogen-bond acceptors (Lipinski definition) is 5. The fraction of sp³-hybridized carbons (Fsp3) is 0.933. The van der Waals surface area contributed by atoms with Gasteiger partial charge in [-0.2, -0.15) is 0 Å². The van der Waals surface area contributed by atoms with Crippen molar-refractivity contribution in [1.82, 2.24) is 10.1 Å². The van der Waals surface area contributed by atoms with Gasteiger partial charge in [0.15, 0.2) is 0 Å². The molecule has 0 aromatic heterocycles. The monoisotopic (exact) mass is 283 g/mol. The molecule has 2 atom stereocenters. The molecule has 0 aromatic carbocycles. The maximum Gasteiger partial charge on any atom is 0.149 e. The molecule has 2 unspecified atom stereocenters. The number of nitrogens with zero attached hydrogens (tertiary/aromatic N) is 2. The molecule has 2 rings (SSSR count). The molecule has 20 heavy (non-hydrogen) atoms. The molecule has 1 heterocycles. The highest BCUT2D eigenvalue weighted by molar-refractivity contribution is 5.83. The highest BCUT2D eigenvalue weighted by atomic mass is 16.8. The van der Waals surface area contributed by atoms with Crippen LogP contribution < -0.4 is 0 Å². The van der Waals surface area contributed by atoms with Gasteiger partial charge in [0, 0.05) is 18.0 Å². The molecule has 1 saturated heterocycles. The van der Waals surface area contributed by atoms with Crippen LogP contribution in [-0.4, -0.2) is 46.3 Å². The van der Waals surface area contributed by atoms with Crippen molar-refractivity contribution in [2.24, 2.45) is 11.8 Å². The lowest BCUT2D eigenvalue weighted by atomic mass is 9.83. The number of likely N-dealkylation sites (tertiary alicyclic amines) is 1. The number of rotatable bonds is 4. The Balaban J connectivity index is 1.78. The molecule has 2 aliphatic rings. The molecule has 5 nitrogen and oxygen atoms in total. The van der Waals surface area contributed by atoms with Crippen LogP contribution in [-0.2, 0) is 4.79 Å². The van der Waals surface area contributed by atoms with Gasteiger partial charge < -0.3 is 10.4 Å². The third kappa shape index (κ3) is 4.01. The molecule has 0 bridgehead atoms. The molecular formula is C15H27N2O3-. The Labute approximate surface area is 121 Å². The Morgan fingerprint density at radius 1 is 1.25 bits per heavy atom. The van der Waals surface area contributed by atoms with Crippen LogP contribution in [0.25, 0.3) is 0 Å². The average Bonchev–Trinajstić information content (AvgIpc) is 2.42. The van der Waals surface area contributed by atoms with E-state index in [1.807, 2.05) is 0 Å². The van der Waals surface area contributed by atoms with Crippen molar-refractivity contribution in [3.05, 3.63) is 5.21 Å². The van der Waals surface area contributed by atoms with Gasteiger partial charge in [-0.05, 0) is 57.9 Å². The highest BCUT2D eigenvalue weighted by Gasteiger charge is 2.30. The summed E-state index contributed by atoms with van der Waals surface area (Å²) in [5.74, 6) is 1.16. The van der Waals surface area contributed by atoms with E-state index in [9.17, 15) is 10.0 Å². The second-order valence-corrected chi connectivity index (χ2v) is 6.72. The average molecular weight is 283 g/mol. The van der Waals surface area contributed by atoms with Crippen molar-refractivity contribution in [3.63, 3.8) is 0 Å². The third-order valence-electron chi connectivity index (χ3n) is 5.10. The van der Waals surface area contributed by atoms with E-state index in [1.165, 1.54) is 12.8 Å². The third-order valence-corrected chi connectivity index (χ3v) is 5.10. The fourth-order valence-corrected chi connectivity index (χ4v) is 3.64. The number of hydrogen-bond donors (Lipinski definition) is 1. The second kappa shape index (κ2) is 6.98. The summed E-state index contributed by atoms with van der Waals surface area (Å²) >= 11 is 0. The van der Waals surface area contributed by atoms with Crippen LogP contribution >= 0.6 is 0 Å². The summed E-state index contributed by atoms with van der Waals surface area (Å²) in [6.07, 6.45) is 5.09. The Morgan fingerprint density at radius 2 is 1.90 bits per heavy atom. The summed E-state index contributed by atoms with van der Waals surface area (Å²) in [5, 5.41) is 19.8. The van der Waals surface area contributed by atoms with Crippen molar-refractivity contribution in [1.29, 1.82) is 0 Å². The van der Waals surface area contributed by atoms with Gasteiger partial charge in [-0.25, -0.2) is 0 Å². The molecule has 2 fully saturated rings. The van der Waals surface area contributed by atoms with Gasteiger partial charge in [0.2, 0.25) is 0 Å². The lowest BCUT2D eigenvalue weighted by Gasteiger charge is -2.38. The molecule has 0 radical (unpaired) electrons. The molecule has 1 N–H and O–H groups in total. The minimum atomic E-state index is -0.311. The lowest BCUT2D eigenvalue weighted by Crippen LogP contribution is -2.45. The molecule has 1 aliphatic carbocycles. The summed E-state index contributed by atoms with van der Waals surface area (Å²) in [6, 6.07) is 0.183. The fourth-order valence-electron chi connectivity index (χ4n) is 3.64. The predicted octanol–water partition coefficient (Wildman–Crippen LogP) is 2.42. The molecule has 1 aliphatic heterocycles. The molecule has 1 saturated carbocycles. The SMILES string of the molecule is CC1CCN(CC(=O)C2CCC(N([O-])O)CC2)C(C)C1. The first-order valence-electron chi connectivity index (χ1n) is 7.89. The molecule has 0 spiro atoms.